The van der Waals surface area contributed by atoms with Gasteiger partial charge in [-0.2, -0.15) is 0 Å². The maximum absolute atomic E-state index is 14.8. The number of ether oxygens (including phenoxy) is 2. The molecule has 4 N–H and O–H groups in total. The number of hydrogen-bond acceptors (Lipinski definition) is 8. The summed E-state index contributed by atoms with van der Waals surface area (Å²) >= 11 is 0. The third-order valence-electron chi connectivity index (χ3n) is 16.7. The van der Waals surface area contributed by atoms with Crippen LogP contribution in [0.4, 0.5) is 15.8 Å². The third kappa shape index (κ3) is 9.00. The molecule has 0 bridgehead atoms. The number of rotatable bonds is 8. The summed E-state index contributed by atoms with van der Waals surface area (Å²) < 4.78 is 25.8. The van der Waals surface area contributed by atoms with Crippen LogP contribution in [0.5, 0.6) is 0 Å². The van der Waals surface area contributed by atoms with Crippen molar-refractivity contribution in [3.8, 4) is 22.3 Å². The molecule has 4 aromatic carbocycles. The number of aryl methyl sites for hydroxylation is 1. The van der Waals surface area contributed by atoms with Gasteiger partial charge in [0, 0.05) is 72.8 Å². The molecule has 12 rings (SSSR count). The van der Waals surface area contributed by atoms with Crippen molar-refractivity contribution in [1.29, 1.82) is 0 Å². The highest BCUT2D eigenvalue weighted by Gasteiger charge is 2.51. The molecule has 69 heavy (non-hydrogen) atoms. The van der Waals surface area contributed by atoms with Gasteiger partial charge in [0.15, 0.2) is 0 Å². The highest BCUT2D eigenvalue weighted by molar-refractivity contribution is 6.08. The molecule has 4 heterocycles. The van der Waals surface area contributed by atoms with Crippen LogP contribution in [0.25, 0.3) is 22.3 Å². The predicted octanol–water partition coefficient (Wildman–Crippen LogP) is 8.18. The van der Waals surface area contributed by atoms with Crippen molar-refractivity contribution in [2.75, 3.05) is 63.2 Å². The largest absolute Gasteiger partial charge is 0.379 e. The molecule has 4 saturated carbocycles. The van der Waals surface area contributed by atoms with Crippen LogP contribution < -0.4 is 21.3 Å². The SMILES string of the molecule is Cc1c(F)cc(C(=O)NC2CC2)cc1-c1ccc2c(c1)NC(=O)C21CCC(N2CCOCC2)CC1.Cc1ccc(C(=O)NC2CC2)cc1-c1ccc2c(c1)NC(=O)C21CCC(N2CCOCC2)CC1. The normalized spacial score (nSPS) is 26.7. The van der Waals surface area contributed by atoms with Gasteiger partial charge in [-0.05, 0) is 172 Å². The number of benzene rings is 4. The van der Waals surface area contributed by atoms with E-state index in [0.717, 1.165) is 174 Å². The number of halogens is 1. The Morgan fingerprint density at radius 2 is 1.03 bits per heavy atom. The summed E-state index contributed by atoms with van der Waals surface area (Å²) in [5.41, 5.74) is 9.24. The van der Waals surface area contributed by atoms with Crippen LogP contribution in [0.3, 0.4) is 0 Å². The second-order valence-corrected chi connectivity index (χ2v) is 21.0. The van der Waals surface area contributed by atoms with Crippen molar-refractivity contribution in [2.24, 2.45) is 0 Å². The van der Waals surface area contributed by atoms with Gasteiger partial charge >= 0.3 is 0 Å². The lowest BCUT2D eigenvalue weighted by atomic mass is 9.68. The van der Waals surface area contributed by atoms with Crippen LogP contribution in [0.2, 0.25) is 0 Å². The quantitative estimate of drug-likeness (QED) is 0.139. The topological polar surface area (TPSA) is 141 Å². The van der Waals surface area contributed by atoms with Gasteiger partial charge in [0.1, 0.15) is 5.82 Å². The maximum Gasteiger partial charge on any atom is 0.251 e. The van der Waals surface area contributed by atoms with Gasteiger partial charge in [-0.25, -0.2) is 4.39 Å². The second-order valence-electron chi connectivity index (χ2n) is 21.0. The number of fused-ring (bicyclic) bond motifs is 4. The number of carbonyl (C=O) groups excluding carboxylic acids is 4. The summed E-state index contributed by atoms with van der Waals surface area (Å²) in [5, 5.41) is 12.3. The van der Waals surface area contributed by atoms with E-state index in [0.29, 0.717) is 40.4 Å². The van der Waals surface area contributed by atoms with Gasteiger partial charge in [-0.3, -0.25) is 29.0 Å². The predicted molar refractivity (Wildman–Crippen MR) is 264 cm³/mol. The van der Waals surface area contributed by atoms with Crippen LogP contribution in [-0.4, -0.2) is 110 Å². The van der Waals surface area contributed by atoms with Crippen molar-refractivity contribution in [2.45, 2.75) is 126 Å². The average Bonchev–Trinajstić information content (AvgIpc) is 4.33. The third-order valence-corrected chi connectivity index (χ3v) is 16.7. The molecule has 4 aliphatic carbocycles. The lowest BCUT2D eigenvalue weighted by Crippen LogP contribution is -2.48. The first-order valence-electron chi connectivity index (χ1n) is 25.6. The van der Waals surface area contributed by atoms with Crippen LogP contribution in [0, 0.1) is 19.7 Å². The number of carbonyl (C=O) groups is 4. The molecule has 4 aromatic rings. The Morgan fingerprint density at radius 1 is 0.580 bits per heavy atom. The number of nitrogens with zero attached hydrogens (tertiary/aromatic N) is 2. The summed E-state index contributed by atoms with van der Waals surface area (Å²) in [6, 6.07) is 22.9. The van der Waals surface area contributed by atoms with Crippen LogP contribution in [0.1, 0.15) is 120 Å². The first-order valence-corrected chi connectivity index (χ1v) is 25.6. The average molecular weight is 937 g/mol. The standard InChI is InChI=1S/C28H32FN3O3.C28H33N3O3/c1-17-22(14-19(15-24(17)29)26(33)30-20-3-4-20)18-2-5-23-25(16-18)31-27(34)28(23)8-6-21(7-9-28)32-10-12-35-13-11-32;1-18-2-3-20(26(32)29-21-5-6-21)16-23(18)19-4-7-24-25(17-19)30-27(33)28(24)10-8-22(9-11-28)31-12-14-34-15-13-31/h2,5,14-16,20-21H,3-4,6-13H2,1H3,(H,30,33)(H,31,34);2-4,7,16-17,21-22H,5-6,8-15H2,1H3,(H,29,32)(H,30,33). The molecule has 0 radical (unpaired) electrons. The highest BCUT2D eigenvalue weighted by atomic mass is 19.1. The zero-order valence-electron chi connectivity index (χ0n) is 40.0. The molecule has 4 amide bonds. The molecule has 2 spiro atoms. The zero-order valence-corrected chi connectivity index (χ0v) is 40.0. The number of morpholine rings is 2. The van der Waals surface area contributed by atoms with E-state index >= 15 is 0 Å². The van der Waals surface area contributed by atoms with Crippen LogP contribution in [-0.2, 0) is 29.9 Å². The van der Waals surface area contributed by atoms with Gasteiger partial charge < -0.3 is 30.7 Å². The first kappa shape index (κ1) is 45.9. The summed E-state index contributed by atoms with van der Waals surface area (Å²) in [4.78, 5) is 56.7. The summed E-state index contributed by atoms with van der Waals surface area (Å²) in [6.07, 6.45) is 11.6. The van der Waals surface area contributed by atoms with Crippen LogP contribution in [0.15, 0.2) is 66.7 Å². The number of anilines is 2. The molecule has 2 saturated heterocycles. The van der Waals surface area contributed by atoms with E-state index in [2.05, 4.69) is 56.2 Å². The molecule has 6 fully saturated rings. The maximum atomic E-state index is 14.8. The fraction of sp³-hybridized carbons (Fsp3) is 0.500. The van der Waals surface area contributed by atoms with Crippen molar-refractivity contribution in [1.82, 2.24) is 20.4 Å². The van der Waals surface area contributed by atoms with E-state index in [1.807, 2.05) is 36.4 Å². The minimum absolute atomic E-state index is 0.00538. The lowest BCUT2D eigenvalue weighted by Gasteiger charge is -2.42. The second kappa shape index (κ2) is 18.7. The Morgan fingerprint density at radius 3 is 1.51 bits per heavy atom. The van der Waals surface area contributed by atoms with Gasteiger partial charge in [-0.15, -0.1) is 0 Å². The van der Waals surface area contributed by atoms with E-state index in [4.69, 9.17) is 9.47 Å². The zero-order chi connectivity index (χ0) is 47.4. The molecular formula is C56H65FN6O6. The molecule has 0 unspecified atom stereocenters. The fourth-order valence-electron chi connectivity index (χ4n) is 12.2. The molecule has 0 aromatic heterocycles. The molecule has 13 heteroatoms. The van der Waals surface area contributed by atoms with Gasteiger partial charge in [0.05, 0.1) is 37.3 Å². The van der Waals surface area contributed by atoms with Crippen molar-refractivity contribution < 1.29 is 33.0 Å². The molecule has 12 nitrogen and oxygen atoms in total. The van der Waals surface area contributed by atoms with Gasteiger partial charge in [-0.1, -0.05) is 30.3 Å². The molecule has 8 aliphatic rings. The molecule has 4 aliphatic heterocycles. The Labute approximate surface area is 404 Å². The number of nitrogens with one attached hydrogen (secondary N) is 4. The molecule has 0 atom stereocenters. The van der Waals surface area contributed by atoms with Gasteiger partial charge in [0.2, 0.25) is 11.8 Å². The van der Waals surface area contributed by atoms with E-state index in [9.17, 15) is 23.6 Å². The first-order chi connectivity index (χ1) is 33.5. The summed E-state index contributed by atoms with van der Waals surface area (Å²) in [7, 11) is 0. The summed E-state index contributed by atoms with van der Waals surface area (Å²) in [5.74, 6) is -0.418. The minimum atomic E-state index is -0.483. The highest BCUT2D eigenvalue weighted by Crippen LogP contribution is 2.51. The number of hydrogen-bond donors (Lipinski definition) is 4. The van der Waals surface area contributed by atoms with Crippen molar-refractivity contribution in [3.05, 3.63) is 106 Å². The Bertz CT molecular complexity index is 2670. The van der Waals surface area contributed by atoms with E-state index in [1.54, 1.807) is 13.0 Å². The van der Waals surface area contributed by atoms with Crippen molar-refractivity contribution in [3.63, 3.8) is 0 Å². The smallest absolute Gasteiger partial charge is 0.251 e. The molecule has 362 valence electrons. The summed E-state index contributed by atoms with van der Waals surface area (Å²) in [6.45, 7) is 10.9. The number of amides is 4. The Balaban J connectivity index is 0.000000151. The monoisotopic (exact) mass is 936 g/mol. The molecular weight excluding hydrogens is 872 g/mol. The van der Waals surface area contributed by atoms with E-state index in [1.165, 1.54) is 6.07 Å². The minimum Gasteiger partial charge on any atom is -0.379 e. The van der Waals surface area contributed by atoms with Gasteiger partial charge in [0.25, 0.3) is 11.8 Å². The van der Waals surface area contributed by atoms with Crippen molar-refractivity contribution >= 4 is 35.0 Å². The fourth-order valence-corrected chi connectivity index (χ4v) is 12.2. The van der Waals surface area contributed by atoms with Crippen LogP contribution >= 0.6 is 0 Å². The Kier molecular flexibility index (Phi) is 12.4. The van der Waals surface area contributed by atoms with E-state index in [-0.39, 0.29) is 29.7 Å². The Hall–Kier alpha value is -5.47. The lowest BCUT2D eigenvalue weighted by molar-refractivity contribution is -0.123. The van der Waals surface area contributed by atoms with E-state index < -0.39 is 16.6 Å².